The normalized spacial score (nSPS) is 20.2. The van der Waals surface area contributed by atoms with Gasteiger partial charge in [-0.3, -0.25) is 0 Å². The molecule has 1 fully saturated rings. The van der Waals surface area contributed by atoms with E-state index in [4.69, 9.17) is 4.74 Å². The fourth-order valence-electron chi connectivity index (χ4n) is 2.52. The lowest BCUT2D eigenvalue weighted by Crippen LogP contribution is -2.21. The van der Waals surface area contributed by atoms with Gasteiger partial charge in [0.15, 0.2) is 9.84 Å². The van der Waals surface area contributed by atoms with Gasteiger partial charge in [0.25, 0.3) is 0 Å². The zero-order chi connectivity index (χ0) is 13.2. The number of hydrogen-bond donors (Lipinski definition) is 0. The monoisotopic (exact) mass is 268 g/mol. The summed E-state index contributed by atoms with van der Waals surface area (Å²) >= 11 is 0. The SMILES string of the molecule is Cc1cc(C)cc(CS(=O)(=O)CC2CCCO2)c1. The van der Waals surface area contributed by atoms with Crippen LogP contribution >= 0.6 is 0 Å². The molecular formula is C14H20O3S. The first-order valence-corrected chi connectivity index (χ1v) is 8.16. The second-order valence-corrected chi connectivity index (χ2v) is 7.29. The molecule has 1 atom stereocenters. The lowest BCUT2D eigenvalue weighted by Gasteiger charge is -2.11. The van der Waals surface area contributed by atoms with Crippen molar-refractivity contribution < 1.29 is 13.2 Å². The van der Waals surface area contributed by atoms with E-state index in [1.54, 1.807) is 0 Å². The topological polar surface area (TPSA) is 43.4 Å². The van der Waals surface area contributed by atoms with E-state index < -0.39 is 9.84 Å². The number of sulfone groups is 1. The lowest BCUT2D eigenvalue weighted by molar-refractivity contribution is 0.127. The molecule has 1 aromatic rings. The minimum absolute atomic E-state index is 0.0964. The van der Waals surface area contributed by atoms with Crippen LogP contribution in [0.2, 0.25) is 0 Å². The zero-order valence-electron chi connectivity index (χ0n) is 11.0. The average Bonchev–Trinajstić information content (AvgIpc) is 2.66. The average molecular weight is 268 g/mol. The van der Waals surface area contributed by atoms with E-state index in [0.29, 0.717) is 6.61 Å². The van der Waals surface area contributed by atoms with Gasteiger partial charge in [0.05, 0.1) is 17.6 Å². The fourth-order valence-corrected chi connectivity index (χ4v) is 4.15. The molecule has 0 saturated carbocycles. The summed E-state index contributed by atoms with van der Waals surface area (Å²) < 4.78 is 29.6. The first-order chi connectivity index (χ1) is 8.44. The first-order valence-electron chi connectivity index (χ1n) is 6.34. The molecule has 0 aromatic heterocycles. The van der Waals surface area contributed by atoms with Gasteiger partial charge in [-0.2, -0.15) is 0 Å². The summed E-state index contributed by atoms with van der Waals surface area (Å²) in [5, 5.41) is 0. The fraction of sp³-hybridized carbons (Fsp3) is 0.571. The van der Waals surface area contributed by atoms with E-state index in [1.807, 2.05) is 26.0 Å². The van der Waals surface area contributed by atoms with Gasteiger partial charge in [0.2, 0.25) is 0 Å². The third kappa shape index (κ3) is 3.82. The molecule has 100 valence electrons. The van der Waals surface area contributed by atoms with Crippen molar-refractivity contribution in [1.29, 1.82) is 0 Å². The van der Waals surface area contributed by atoms with Crippen LogP contribution in [-0.4, -0.2) is 26.9 Å². The molecule has 1 aliphatic rings. The van der Waals surface area contributed by atoms with E-state index in [1.165, 1.54) is 0 Å². The van der Waals surface area contributed by atoms with Crippen molar-refractivity contribution in [2.24, 2.45) is 0 Å². The summed E-state index contributed by atoms with van der Waals surface area (Å²) in [4.78, 5) is 0. The Morgan fingerprint density at radius 2 is 1.89 bits per heavy atom. The number of rotatable bonds is 4. The van der Waals surface area contributed by atoms with Crippen molar-refractivity contribution >= 4 is 9.84 Å². The molecule has 18 heavy (non-hydrogen) atoms. The van der Waals surface area contributed by atoms with Gasteiger partial charge >= 0.3 is 0 Å². The Balaban J connectivity index is 2.06. The van der Waals surface area contributed by atoms with E-state index in [2.05, 4.69) is 6.07 Å². The summed E-state index contributed by atoms with van der Waals surface area (Å²) in [5.74, 6) is 0.273. The molecule has 0 aliphatic carbocycles. The summed E-state index contributed by atoms with van der Waals surface area (Å²) in [5.41, 5.74) is 3.10. The Bertz CT molecular complexity index is 494. The summed E-state index contributed by atoms with van der Waals surface area (Å²) in [6.07, 6.45) is 1.75. The Morgan fingerprint density at radius 3 is 2.44 bits per heavy atom. The smallest absolute Gasteiger partial charge is 0.156 e. The quantitative estimate of drug-likeness (QED) is 0.842. The molecule has 0 radical (unpaired) electrons. The standard InChI is InChI=1S/C14H20O3S/c1-11-6-12(2)8-13(7-11)9-18(15,16)10-14-4-3-5-17-14/h6-8,14H,3-5,9-10H2,1-2H3. The van der Waals surface area contributed by atoms with Crippen LogP contribution in [0, 0.1) is 13.8 Å². The highest BCUT2D eigenvalue weighted by atomic mass is 32.2. The van der Waals surface area contributed by atoms with Crippen LogP contribution in [0.15, 0.2) is 18.2 Å². The van der Waals surface area contributed by atoms with Gasteiger partial charge in [0, 0.05) is 6.61 Å². The van der Waals surface area contributed by atoms with Gasteiger partial charge in [-0.1, -0.05) is 29.3 Å². The van der Waals surface area contributed by atoms with Gasteiger partial charge < -0.3 is 4.74 Å². The van der Waals surface area contributed by atoms with Crippen molar-refractivity contribution in [2.75, 3.05) is 12.4 Å². The summed E-state index contributed by atoms with van der Waals surface area (Å²) in [7, 11) is -3.08. The van der Waals surface area contributed by atoms with Crippen LogP contribution < -0.4 is 0 Å². The van der Waals surface area contributed by atoms with E-state index >= 15 is 0 Å². The van der Waals surface area contributed by atoms with E-state index in [9.17, 15) is 8.42 Å². The molecule has 0 N–H and O–H groups in total. The molecule has 0 spiro atoms. The maximum Gasteiger partial charge on any atom is 0.156 e. The number of aryl methyl sites for hydroxylation is 2. The predicted octanol–water partition coefficient (Wildman–Crippen LogP) is 2.40. The highest BCUT2D eigenvalue weighted by molar-refractivity contribution is 7.90. The predicted molar refractivity (Wildman–Crippen MR) is 72.4 cm³/mol. The van der Waals surface area contributed by atoms with Crippen molar-refractivity contribution in [1.82, 2.24) is 0 Å². The largest absolute Gasteiger partial charge is 0.377 e. The molecular weight excluding hydrogens is 248 g/mol. The third-order valence-electron chi connectivity index (χ3n) is 3.13. The molecule has 2 rings (SSSR count). The lowest BCUT2D eigenvalue weighted by atomic mass is 10.1. The molecule has 3 nitrogen and oxygen atoms in total. The van der Waals surface area contributed by atoms with Crippen LogP contribution in [0.5, 0.6) is 0 Å². The van der Waals surface area contributed by atoms with Crippen LogP contribution in [0.3, 0.4) is 0 Å². The Hall–Kier alpha value is -0.870. The molecule has 0 bridgehead atoms. The van der Waals surface area contributed by atoms with E-state index in [-0.39, 0.29) is 17.6 Å². The third-order valence-corrected chi connectivity index (χ3v) is 4.78. The zero-order valence-corrected chi connectivity index (χ0v) is 11.8. The maximum atomic E-state index is 12.1. The highest BCUT2D eigenvalue weighted by Gasteiger charge is 2.23. The van der Waals surface area contributed by atoms with Crippen LogP contribution in [0.1, 0.15) is 29.5 Å². The summed E-state index contributed by atoms with van der Waals surface area (Å²) in [6.45, 7) is 4.68. The highest BCUT2D eigenvalue weighted by Crippen LogP contribution is 2.17. The molecule has 1 heterocycles. The molecule has 1 saturated heterocycles. The van der Waals surface area contributed by atoms with E-state index in [0.717, 1.165) is 29.5 Å². The minimum atomic E-state index is -3.08. The number of hydrogen-bond acceptors (Lipinski definition) is 3. The van der Waals surface area contributed by atoms with Crippen molar-refractivity contribution in [3.05, 3.63) is 34.9 Å². The molecule has 0 amide bonds. The first kappa shape index (κ1) is 13.6. The van der Waals surface area contributed by atoms with Crippen LogP contribution in [-0.2, 0) is 20.3 Å². The van der Waals surface area contributed by atoms with Crippen molar-refractivity contribution in [2.45, 2.75) is 38.5 Å². The van der Waals surface area contributed by atoms with Crippen molar-refractivity contribution in [3.63, 3.8) is 0 Å². The van der Waals surface area contributed by atoms with Gasteiger partial charge in [-0.05, 0) is 32.3 Å². The Labute approximate surface area is 109 Å². The van der Waals surface area contributed by atoms with Crippen LogP contribution in [0.25, 0.3) is 0 Å². The Kier molecular flexibility index (Phi) is 4.07. The molecule has 4 heteroatoms. The Morgan fingerprint density at radius 1 is 1.22 bits per heavy atom. The maximum absolute atomic E-state index is 12.1. The minimum Gasteiger partial charge on any atom is -0.377 e. The van der Waals surface area contributed by atoms with Gasteiger partial charge in [-0.25, -0.2) is 8.42 Å². The van der Waals surface area contributed by atoms with Gasteiger partial charge in [0.1, 0.15) is 0 Å². The second kappa shape index (κ2) is 5.41. The molecule has 1 aromatic carbocycles. The second-order valence-electron chi connectivity index (χ2n) is 5.19. The number of ether oxygens (including phenoxy) is 1. The number of benzene rings is 1. The van der Waals surface area contributed by atoms with Crippen LogP contribution in [0.4, 0.5) is 0 Å². The molecule has 1 unspecified atom stereocenters. The van der Waals surface area contributed by atoms with Gasteiger partial charge in [-0.15, -0.1) is 0 Å². The summed E-state index contributed by atoms with van der Waals surface area (Å²) in [6, 6.07) is 5.94. The van der Waals surface area contributed by atoms with Crippen molar-refractivity contribution in [3.8, 4) is 0 Å². The molecule has 1 aliphatic heterocycles.